The SMILES string of the molecule is Cc1ccccc1[C@@H](OC[C@H](O)CN(CCO)CCO)c1ccccc1. The summed E-state index contributed by atoms with van der Waals surface area (Å²) in [4.78, 5) is 1.82. The largest absolute Gasteiger partial charge is 0.395 e. The summed E-state index contributed by atoms with van der Waals surface area (Å²) >= 11 is 0. The van der Waals surface area contributed by atoms with Gasteiger partial charge in [0.05, 0.1) is 25.9 Å². The molecule has 0 amide bonds. The first-order valence-corrected chi connectivity index (χ1v) is 9.00. The standard InChI is InChI=1S/C21H29NO4/c1-17-7-5-6-10-20(17)21(18-8-3-2-4-9-18)26-16-19(25)15-22(11-13-23)12-14-24/h2-10,19,21,23-25H,11-16H2,1H3/t19-,21+/m1/s1. The molecule has 0 saturated carbocycles. The number of benzene rings is 2. The molecule has 3 N–H and O–H groups in total. The van der Waals surface area contributed by atoms with Crippen LogP contribution in [0.1, 0.15) is 22.8 Å². The molecule has 0 aliphatic rings. The predicted octanol–water partition coefficient (Wildman–Crippen LogP) is 1.75. The first kappa shape index (κ1) is 20.6. The Balaban J connectivity index is 2.07. The molecule has 0 saturated heterocycles. The lowest BCUT2D eigenvalue weighted by Crippen LogP contribution is -2.38. The number of rotatable bonds is 11. The molecule has 142 valence electrons. The Hall–Kier alpha value is -1.76. The van der Waals surface area contributed by atoms with Gasteiger partial charge in [0.1, 0.15) is 6.10 Å². The highest BCUT2D eigenvalue weighted by atomic mass is 16.5. The minimum Gasteiger partial charge on any atom is -0.395 e. The molecular weight excluding hydrogens is 330 g/mol. The van der Waals surface area contributed by atoms with E-state index >= 15 is 0 Å². The van der Waals surface area contributed by atoms with E-state index in [1.165, 1.54) is 0 Å². The van der Waals surface area contributed by atoms with Crippen molar-refractivity contribution in [2.75, 3.05) is 39.5 Å². The number of aliphatic hydroxyl groups excluding tert-OH is 3. The molecule has 5 heteroatoms. The minimum absolute atomic E-state index is 0.0105. The van der Waals surface area contributed by atoms with Crippen molar-refractivity contribution in [2.45, 2.75) is 19.1 Å². The van der Waals surface area contributed by atoms with Crippen molar-refractivity contribution in [1.29, 1.82) is 0 Å². The van der Waals surface area contributed by atoms with Crippen LogP contribution in [-0.4, -0.2) is 65.8 Å². The van der Waals surface area contributed by atoms with Gasteiger partial charge in [0.2, 0.25) is 0 Å². The third-order valence-electron chi connectivity index (χ3n) is 4.33. The second-order valence-corrected chi connectivity index (χ2v) is 6.38. The molecule has 26 heavy (non-hydrogen) atoms. The van der Waals surface area contributed by atoms with Gasteiger partial charge in [-0.05, 0) is 23.6 Å². The fraction of sp³-hybridized carbons (Fsp3) is 0.429. The van der Waals surface area contributed by atoms with Gasteiger partial charge in [-0.25, -0.2) is 0 Å². The van der Waals surface area contributed by atoms with Crippen LogP contribution < -0.4 is 0 Å². The summed E-state index contributed by atoms with van der Waals surface area (Å²) < 4.78 is 6.11. The van der Waals surface area contributed by atoms with Crippen molar-refractivity contribution in [3.8, 4) is 0 Å². The van der Waals surface area contributed by atoms with Gasteiger partial charge in [-0.2, -0.15) is 0 Å². The van der Waals surface area contributed by atoms with Gasteiger partial charge in [-0.15, -0.1) is 0 Å². The van der Waals surface area contributed by atoms with Crippen LogP contribution in [0, 0.1) is 6.92 Å². The lowest BCUT2D eigenvalue weighted by molar-refractivity contribution is -0.0118. The smallest absolute Gasteiger partial charge is 0.108 e. The van der Waals surface area contributed by atoms with Gasteiger partial charge in [0.25, 0.3) is 0 Å². The van der Waals surface area contributed by atoms with E-state index in [4.69, 9.17) is 14.9 Å². The Bertz CT molecular complexity index is 629. The maximum absolute atomic E-state index is 10.4. The molecule has 0 radical (unpaired) electrons. The Morgan fingerprint density at radius 3 is 2.15 bits per heavy atom. The summed E-state index contributed by atoms with van der Waals surface area (Å²) in [6.07, 6.45) is -0.959. The van der Waals surface area contributed by atoms with Gasteiger partial charge in [-0.3, -0.25) is 4.90 Å². The van der Waals surface area contributed by atoms with Crippen LogP contribution in [-0.2, 0) is 4.74 Å². The second-order valence-electron chi connectivity index (χ2n) is 6.38. The zero-order chi connectivity index (χ0) is 18.8. The molecule has 5 nitrogen and oxygen atoms in total. The quantitative estimate of drug-likeness (QED) is 0.570. The van der Waals surface area contributed by atoms with Crippen LogP contribution in [0.5, 0.6) is 0 Å². The van der Waals surface area contributed by atoms with Crippen molar-refractivity contribution in [3.05, 3.63) is 71.3 Å². The van der Waals surface area contributed by atoms with Crippen molar-refractivity contribution >= 4 is 0 Å². The second kappa shape index (κ2) is 11.1. The van der Waals surface area contributed by atoms with E-state index in [-0.39, 0.29) is 25.9 Å². The Morgan fingerprint density at radius 2 is 1.54 bits per heavy atom. The van der Waals surface area contributed by atoms with Crippen molar-refractivity contribution in [2.24, 2.45) is 0 Å². The van der Waals surface area contributed by atoms with Gasteiger partial charge >= 0.3 is 0 Å². The zero-order valence-corrected chi connectivity index (χ0v) is 15.3. The molecule has 0 spiro atoms. The highest BCUT2D eigenvalue weighted by Gasteiger charge is 2.19. The van der Waals surface area contributed by atoms with Crippen LogP contribution in [0.15, 0.2) is 54.6 Å². The van der Waals surface area contributed by atoms with E-state index in [1.54, 1.807) is 0 Å². The third-order valence-corrected chi connectivity index (χ3v) is 4.33. The fourth-order valence-corrected chi connectivity index (χ4v) is 3.01. The lowest BCUT2D eigenvalue weighted by Gasteiger charge is -2.26. The van der Waals surface area contributed by atoms with Crippen LogP contribution >= 0.6 is 0 Å². The first-order chi connectivity index (χ1) is 12.7. The molecule has 0 bridgehead atoms. The Kier molecular flexibility index (Phi) is 8.74. The number of hydrogen-bond donors (Lipinski definition) is 3. The predicted molar refractivity (Wildman–Crippen MR) is 102 cm³/mol. The van der Waals surface area contributed by atoms with Crippen molar-refractivity contribution in [3.63, 3.8) is 0 Å². The van der Waals surface area contributed by atoms with Crippen LogP contribution in [0.4, 0.5) is 0 Å². The van der Waals surface area contributed by atoms with E-state index in [0.717, 1.165) is 16.7 Å². The molecule has 0 fully saturated rings. The summed E-state index contributed by atoms with van der Waals surface area (Å²) in [5.41, 5.74) is 3.25. The maximum atomic E-state index is 10.4. The molecule has 0 aliphatic carbocycles. The normalized spacial score (nSPS) is 13.7. The fourth-order valence-electron chi connectivity index (χ4n) is 3.01. The summed E-state index contributed by atoms with van der Waals surface area (Å²) in [6.45, 7) is 3.37. The molecule has 2 aromatic rings. The van der Waals surface area contributed by atoms with Crippen LogP contribution in [0.3, 0.4) is 0 Å². The van der Waals surface area contributed by atoms with E-state index in [9.17, 15) is 5.11 Å². The van der Waals surface area contributed by atoms with Crippen LogP contribution in [0.2, 0.25) is 0 Å². The number of hydrogen-bond acceptors (Lipinski definition) is 5. The Labute approximate surface area is 155 Å². The minimum atomic E-state index is -0.705. The average Bonchev–Trinajstić information content (AvgIpc) is 2.64. The van der Waals surface area contributed by atoms with E-state index in [0.29, 0.717) is 19.6 Å². The number of nitrogens with zero attached hydrogens (tertiary/aromatic N) is 1. The number of aryl methyl sites for hydroxylation is 1. The molecule has 0 heterocycles. The van der Waals surface area contributed by atoms with Gasteiger partial charge in [-0.1, -0.05) is 54.6 Å². The highest BCUT2D eigenvalue weighted by Crippen LogP contribution is 2.28. The average molecular weight is 359 g/mol. The first-order valence-electron chi connectivity index (χ1n) is 9.00. The maximum Gasteiger partial charge on any atom is 0.108 e. The topological polar surface area (TPSA) is 73.2 Å². The van der Waals surface area contributed by atoms with Gasteiger partial charge in [0, 0.05) is 19.6 Å². The monoisotopic (exact) mass is 359 g/mol. The van der Waals surface area contributed by atoms with E-state index in [1.807, 2.05) is 53.4 Å². The lowest BCUT2D eigenvalue weighted by atomic mass is 9.97. The molecule has 0 unspecified atom stereocenters. The number of aliphatic hydroxyl groups is 3. The molecular formula is C21H29NO4. The molecule has 2 rings (SSSR count). The van der Waals surface area contributed by atoms with Gasteiger partial charge < -0.3 is 20.1 Å². The summed E-state index contributed by atoms with van der Waals surface area (Å²) in [7, 11) is 0. The molecule has 2 aromatic carbocycles. The highest BCUT2D eigenvalue weighted by molar-refractivity contribution is 5.35. The van der Waals surface area contributed by atoms with Crippen LogP contribution in [0.25, 0.3) is 0 Å². The van der Waals surface area contributed by atoms with E-state index in [2.05, 4.69) is 13.0 Å². The number of ether oxygens (including phenoxy) is 1. The summed E-state index contributed by atoms with van der Waals surface area (Å²) in [5, 5.41) is 28.5. The molecule has 2 atom stereocenters. The summed E-state index contributed by atoms with van der Waals surface area (Å²) in [6, 6.07) is 18.0. The van der Waals surface area contributed by atoms with E-state index < -0.39 is 6.10 Å². The third kappa shape index (κ3) is 6.20. The zero-order valence-electron chi connectivity index (χ0n) is 15.3. The summed E-state index contributed by atoms with van der Waals surface area (Å²) in [5.74, 6) is 0. The van der Waals surface area contributed by atoms with Crippen molar-refractivity contribution < 1.29 is 20.1 Å². The Morgan fingerprint density at radius 1 is 0.923 bits per heavy atom. The molecule has 0 aliphatic heterocycles. The van der Waals surface area contributed by atoms with Crippen molar-refractivity contribution in [1.82, 2.24) is 4.90 Å². The van der Waals surface area contributed by atoms with Gasteiger partial charge in [0.15, 0.2) is 0 Å². The molecule has 0 aromatic heterocycles.